The topological polar surface area (TPSA) is 29.6 Å². The molecule has 3 heteroatoms. The van der Waals surface area contributed by atoms with Crippen LogP contribution in [0.2, 0.25) is 0 Å². The fourth-order valence-electron chi connectivity index (χ4n) is 1.60. The maximum Gasteiger partial charge on any atom is 0.130 e. The van der Waals surface area contributed by atoms with Gasteiger partial charge < -0.3 is 4.74 Å². The summed E-state index contributed by atoms with van der Waals surface area (Å²) >= 11 is 0. The molecule has 0 amide bonds. The average Bonchev–Trinajstić information content (AvgIpc) is 2.69. The Bertz CT molecular complexity index is 189. The molecule has 1 aliphatic heterocycles. The van der Waals surface area contributed by atoms with Crippen molar-refractivity contribution in [2.45, 2.75) is 46.6 Å². The Labute approximate surface area is 106 Å². The van der Waals surface area contributed by atoms with E-state index in [4.69, 9.17) is 4.74 Å². The number of carbonyl (C=O) groups is 1. The van der Waals surface area contributed by atoms with Crippen molar-refractivity contribution >= 4 is 5.78 Å². The molecule has 1 unspecified atom stereocenters. The number of carbonyl (C=O) groups excluding carboxylic acids is 1. The third kappa shape index (κ3) is 3.41. The maximum atomic E-state index is 11.1. The van der Waals surface area contributed by atoms with Gasteiger partial charge in [-0.2, -0.15) is 6.10 Å². The largest absolute Gasteiger partial charge is 0.560 e. The first-order valence-corrected chi connectivity index (χ1v) is 4.64. The quantitative estimate of drug-likeness (QED) is 0.493. The number of hydrogen-bond donors (Lipinski definition) is 0. The van der Waals surface area contributed by atoms with E-state index in [1.807, 2.05) is 13.8 Å². The molecule has 2 nitrogen and oxygen atoms in total. The molecule has 0 spiro atoms. The fourth-order valence-corrected chi connectivity index (χ4v) is 1.60. The average molecular weight is 258 g/mol. The summed E-state index contributed by atoms with van der Waals surface area (Å²) in [6, 6.07) is 0. The molecule has 2 fully saturated rings. The number of epoxide rings is 1. The zero-order valence-corrected chi connectivity index (χ0v) is 11.7. The molecule has 0 aromatic carbocycles. The van der Waals surface area contributed by atoms with Crippen LogP contribution in [0.15, 0.2) is 0 Å². The summed E-state index contributed by atoms with van der Waals surface area (Å²) < 4.78 is 5.09. The first-order valence-electron chi connectivity index (χ1n) is 4.64. The molecule has 0 N–H and O–H groups in total. The van der Waals surface area contributed by atoms with Crippen LogP contribution in [0, 0.1) is 11.5 Å². The van der Waals surface area contributed by atoms with Gasteiger partial charge in [0.05, 0.1) is 0 Å². The Balaban J connectivity index is 0.000000451. The summed E-state index contributed by atoms with van der Waals surface area (Å²) in [5, 5.41) is 0. The minimum Gasteiger partial charge on any atom is -0.560 e. The zero-order chi connectivity index (χ0) is 9.35. The van der Waals surface area contributed by atoms with Crippen molar-refractivity contribution in [1.82, 2.24) is 0 Å². The van der Waals surface area contributed by atoms with Gasteiger partial charge in [0, 0.05) is 39.1 Å². The smallest absolute Gasteiger partial charge is 0.130 e. The minimum absolute atomic E-state index is 0. The molecule has 1 atom stereocenters. The van der Waals surface area contributed by atoms with Crippen LogP contribution in [0.3, 0.4) is 0 Å². The Kier molecular flexibility index (Phi) is 5.28. The van der Waals surface area contributed by atoms with Crippen molar-refractivity contribution in [2.75, 3.05) is 0 Å². The van der Waals surface area contributed by atoms with E-state index in [1.54, 1.807) is 0 Å². The summed E-state index contributed by atoms with van der Waals surface area (Å²) in [6.07, 6.45) is 2.58. The molecule has 2 rings (SSSR count). The van der Waals surface area contributed by atoms with Gasteiger partial charge in [-0.1, -0.05) is 33.1 Å². The number of rotatable bonds is 0. The standard InChI is InChI=1S/C8H11O2.C2H6.Y/c1-8(2)3-5(9)7-6(4-8)10-7;1-2;/h7H,3-4H2,1-2H3;1-2H3;/q-1;;. The van der Waals surface area contributed by atoms with Crippen molar-refractivity contribution in [2.24, 2.45) is 5.41 Å². The molecule has 73 valence electrons. The van der Waals surface area contributed by atoms with E-state index in [9.17, 15) is 4.79 Å². The van der Waals surface area contributed by atoms with Gasteiger partial charge in [-0.15, -0.1) is 6.42 Å². The van der Waals surface area contributed by atoms with Crippen LogP contribution < -0.4 is 0 Å². The van der Waals surface area contributed by atoms with Crippen LogP contribution >= 0.6 is 0 Å². The number of Topliss-reactive ketones (excluding diaryl/α,β-unsaturated/α-hetero) is 1. The summed E-state index contributed by atoms with van der Waals surface area (Å²) in [5.74, 6) is 0.270. The van der Waals surface area contributed by atoms with Gasteiger partial charge >= 0.3 is 0 Å². The van der Waals surface area contributed by atoms with Crippen LogP contribution in [0.5, 0.6) is 0 Å². The third-order valence-electron chi connectivity index (χ3n) is 2.10. The van der Waals surface area contributed by atoms with Crippen molar-refractivity contribution in [3.05, 3.63) is 6.10 Å². The second kappa shape index (κ2) is 5.00. The molecule has 1 aliphatic carbocycles. The molecular formula is C10H17O2Y-. The predicted molar refractivity (Wildman–Crippen MR) is 47.5 cm³/mol. The second-order valence-electron chi connectivity index (χ2n) is 3.95. The molecule has 2 aliphatic rings. The predicted octanol–water partition coefficient (Wildman–Crippen LogP) is 2.33. The summed E-state index contributed by atoms with van der Waals surface area (Å²) in [6.45, 7) is 8.21. The molecular weight excluding hydrogens is 241 g/mol. The Hall–Kier alpha value is 0.734. The summed E-state index contributed by atoms with van der Waals surface area (Å²) in [4.78, 5) is 11.1. The van der Waals surface area contributed by atoms with E-state index in [0.29, 0.717) is 6.42 Å². The van der Waals surface area contributed by atoms with Crippen LogP contribution in [-0.2, 0) is 42.2 Å². The molecule has 0 bridgehead atoms. The van der Waals surface area contributed by atoms with E-state index < -0.39 is 0 Å². The molecule has 0 aromatic heterocycles. The van der Waals surface area contributed by atoms with Gasteiger partial charge in [0.25, 0.3) is 0 Å². The van der Waals surface area contributed by atoms with Crippen LogP contribution in [0.4, 0.5) is 0 Å². The Morgan fingerprint density at radius 1 is 1.46 bits per heavy atom. The maximum absolute atomic E-state index is 11.1. The summed E-state index contributed by atoms with van der Waals surface area (Å²) in [5.41, 5.74) is 0.152. The third-order valence-corrected chi connectivity index (χ3v) is 2.10. The number of ketones is 1. The van der Waals surface area contributed by atoms with Gasteiger partial charge in [0.2, 0.25) is 0 Å². The first-order chi connectivity index (χ1) is 5.58. The van der Waals surface area contributed by atoms with Crippen molar-refractivity contribution in [3.63, 3.8) is 0 Å². The van der Waals surface area contributed by atoms with Gasteiger partial charge in [0.15, 0.2) is 0 Å². The summed E-state index contributed by atoms with van der Waals surface area (Å²) in [7, 11) is 0. The van der Waals surface area contributed by atoms with Crippen LogP contribution in [0.25, 0.3) is 0 Å². The second-order valence-corrected chi connectivity index (χ2v) is 3.95. The van der Waals surface area contributed by atoms with E-state index in [0.717, 1.165) is 12.5 Å². The molecule has 1 saturated carbocycles. The normalized spacial score (nSPS) is 29.2. The van der Waals surface area contributed by atoms with E-state index in [-0.39, 0.29) is 50.0 Å². The van der Waals surface area contributed by atoms with E-state index in [1.165, 1.54) is 0 Å². The molecule has 1 radical (unpaired) electrons. The number of fused-ring (bicyclic) bond motifs is 1. The Morgan fingerprint density at radius 2 is 2.00 bits per heavy atom. The Morgan fingerprint density at radius 3 is 2.46 bits per heavy atom. The van der Waals surface area contributed by atoms with Gasteiger partial charge in [-0.3, -0.25) is 4.79 Å². The first kappa shape index (κ1) is 13.7. The number of hydrogen-bond acceptors (Lipinski definition) is 2. The zero-order valence-electron chi connectivity index (χ0n) is 8.89. The van der Waals surface area contributed by atoms with Crippen LogP contribution in [-0.4, -0.2) is 11.9 Å². The SMILES string of the molecule is CC.CC1(C)CC(=O)C2O[C-]2C1.[Y]. The van der Waals surface area contributed by atoms with Gasteiger partial charge in [0.1, 0.15) is 5.78 Å². The molecule has 13 heavy (non-hydrogen) atoms. The van der Waals surface area contributed by atoms with Crippen molar-refractivity contribution < 1.29 is 42.2 Å². The molecule has 1 heterocycles. The van der Waals surface area contributed by atoms with Crippen LogP contribution in [0.1, 0.15) is 40.5 Å². The fraction of sp³-hybridized carbons (Fsp3) is 0.800. The molecule has 1 saturated heterocycles. The van der Waals surface area contributed by atoms with Crippen molar-refractivity contribution in [1.29, 1.82) is 0 Å². The van der Waals surface area contributed by atoms with E-state index >= 15 is 0 Å². The van der Waals surface area contributed by atoms with Gasteiger partial charge in [-0.05, 0) is 6.10 Å². The minimum atomic E-state index is -0.0898. The number of ether oxygens (including phenoxy) is 1. The van der Waals surface area contributed by atoms with Crippen molar-refractivity contribution in [3.8, 4) is 0 Å². The van der Waals surface area contributed by atoms with E-state index in [2.05, 4.69) is 13.8 Å². The molecule has 0 aromatic rings. The monoisotopic (exact) mass is 258 g/mol. The van der Waals surface area contributed by atoms with Gasteiger partial charge in [-0.25, -0.2) is 0 Å².